The van der Waals surface area contributed by atoms with E-state index in [-0.39, 0.29) is 18.4 Å². The van der Waals surface area contributed by atoms with Crippen molar-refractivity contribution in [2.75, 3.05) is 26.4 Å². The summed E-state index contributed by atoms with van der Waals surface area (Å²) in [6.07, 6.45) is 0. The second-order valence-electron chi connectivity index (χ2n) is 3.29. The van der Waals surface area contributed by atoms with E-state index in [0.717, 1.165) is 0 Å². The molecule has 0 aliphatic rings. The van der Waals surface area contributed by atoms with Crippen LogP contribution in [0.25, 0.3) is 0 Å². The summed E-state index contributed by atoms with van der Waals surface area (Å²) in [4.78, 5) is 22.4. The first-order valence-corrected chi connectivity index (χ1v) is 5.03. The molecule has 0 unspecified atom stereocenters. The van der Waals surface area contributed by atoms with Crippen molar-refractivity contribution in [2.45, 2.75) is 0 Å². The Morgan fingerprint density at radius 2 is 2.00 bits per heavy atom. The lowest BCUT2D eigenvalue weighted by atomic mass is 10.2. The molecule has 6 nitrogen and oxygen atoms in total. The summed E-state index contributed by atoms with van der Waals surface area (Å²) in [6, 6.07) is 4.64. The van der Waals surface area contributed by atoms with Gasteiger partial charge in [-0.2, -0.15) is 0 Å². The molecule has 0 aromatic heterocycles. The highest BCUT2D eigenvalue weighted by Gasteiger charge is 2.08. The molecule has 0 atom stereocenters. The third-order valence-corrected chi connectivity index (χ3v) is 2.14. The number of anilines is 1. The Bertz CT molecular complexity index is 432. The number of nitrogens with one attached hydrogen (secondary N) is 2. The van der Waals surface area contributed by atoms with Crippen LogP contribution >= 0.6 is 0 Å². The van der Waals surface area contributed by atoms with Gasteiger partial charge < -0.3 is 21.1 Å². The second-order valence-corrected chi connectivity index (χ2v) is 3.29. The molecule has 1 aromatic rings. The molecule has 0 spiro atoms. The summed E-state index contributed by atoms with van der Waals surface area (Å²) in [5, 5.41) is 4.91. The Balaban J connectivity index is 2.83. The van der Waals surface area contributed by atoms with Crippen LogP contribution in [0.2, 0.25) is 0 Å². The molecule has 17 heavy (non-hydrogen) atoms. The molecular formula is C11H15N3O3. The minimum atomic E-state index is -0.269. The molecule has 1 rings (SSSR count). The minimum absolute atomic E-state index is 0.141. The van der Waals surface area contributed by atoms with Crippen LogP contribution in [0.4, 0.5) is 5.69 Å². The first-order chi connectivity index (χ1) is 8.08. The van der Waals surface area contributed by atoms with E-state index in [4.69, 9.17) is 10.5 Å². The fraction of sp³-hybridized carbons (Fsp3) is 0.273. The zero-order valence-corrected chi connectivity index (χ0v) is 9.74. The third kappa shape index (κ3) is 3.37. The molecule has 0 bridgehead atoms. The van der Waals surface area contributed by atoms with Gasteiger partial charge in [-0.15, -0.1) is 0 Å². The van der Waals surface area contributed by atoms with Crippen LogP contribution in [-0.4, -0.2) is 32.5 Å². The lowest BCUT2D eigenvalue weighted by Crippen LogP contribution is -2.25. The Kier molecular flexibility index (Phi) is 4.33. The Labute approximate surface area is 99.1 Å². The standard InChI is InChI=1S/C11H15N3O3/c1-13-10(15)6-17-9-5-7(11(16)14-2)3-4-8(9)12/h3-5H,6,12H2,1-2H3,(H,13,15)(H,14,16). The second kappa shape index (κ2) is 5.74. The molecule has 0 saturated heterocycles. The van der Waals surface area contributed by atoms with Crippen molar-refractivity contribution in [2.24, 2.45) is 0 Å². The summed E-state index contributed by atoms with van der Waals surface area (Å²) >= 11 is 0. The lowest BCUT2D eigenvalue weighted by Gasteiger charge is -2.09. The Morgan fingerprint density at radius 1 is 1.29 bits per heavy atom. The molecule has 1 aromatic carbocycles. The molecule has 92 valence electrons. The monoisotopic (exact) mass is 237 g/mol. The van der Waals surface area contributed by atoms with Crippen molar-refractivity contribution in [1.82, 2.24) is 10.6 Å². The highest BCUT2D eigenvalue weighted by molar-refractivity contribution is 5.95. The van der Waals surface area contributed by atoms with Crippen molar-refractivity contribution in [1.29, 1.82) is 0 Å². The van der Waals surface area contributed by atoms with Gasteiger partial charge in [0, 0.05) is 19.7 Å². The molecule has 0 fully saturated rings. The van der Waals surface area contributed by atoms with Gasteiger partial charge in [0.15, 0.2) is 6.61 Å². The molecule has 0 saturated carbocycles. The van der Waals surface area contributed by atoms with Gasteiger partial charge >= 0.3 is 0 Å². The number of ether oxygens (including phenoxy) is 1. The normalized spacial score (nSPS) is 9.53. The van der Waals surface area contributed by atoms with Crippen LogP contribution in [0.15, 0.2) is 18.2 Å². The van der Waals surface area contributed by atoms with Gasteiger partial charge in [0.2, 0.25) is 0 Å². The number of rotatable bonds is 4. The summed E-state index contributed by atoms with van der Waals surface area (Å²) in [5.41, 5.74) is 6.47. The maximum atomic E-state index is 11.4. The van der Waals surface area contributed by atoms with Crippen LogP contribution < -0.4 is 21.1 Å². The minimum Gasteiger partial charge on any atom is -0.482 e. The molecular weight excluding hydrogens is 222 g/mol. The third-order valence-electron chi connectivity index (χ3n) is 2.14. The summed E-state index contributed by atoms with van der Waals surface area (Å²) in [6.45, 7) is -0.141. The van der Waals surface area contributed by atoms with Crippen molar-refractivity contribution in [3.05, 3.63) is 23.8 Å². The number of hydrogen-bond acceptors (Lipinski definition) is 4. The van der Waals surface area contributed by atoms with Crippen molar-refractivity contribution in [3.8, 4) is 5.75 Å². The molecule has 2 amide bonds. The van der Waals surface area contributed by atoms with Gasteiger partial charge in [-0.3, -0.25) is 9.59 Å². The molecule has 0 heterocycles. The number of likely N-dealkylation sites (N-methyl/N-ethyl adjacent to an activating group) is 1. The summed E-state index contributed by atoms with van der Waals surface area (Å²) < 4.78 is 5.21. The lowest BCUT2D eigenvalue weighted by molar-refractivity contribution is -0.122. The predicted molar refractivity (Wildman–Crippen MR) is 63.8 cm³/mol. The van der Waals surface area contributed by atoms with Crippen molar-refractivity contribution >= 4 is 17.5 Å². The van der Waals surface area contributed by atoms with E-state index in [1.165, 1.54) is 20.2 Å². The Morgan fingerprint density at radius 3 is 2.59 bits per heavy atom. The zero-order valence-electron chi connectivity index (χ0n) is 9.74. The fourth-order valence-electron chi connectivity index (χ4n) is 1.16. The molecule has 0 radical (unpaired) electrons. The van der Waals surface area contributed by atoms with Crippen LogP contribution in [0, 0.1) is 0 Å². The number of nitrogens with two attached hydrogens (primary N) is 1. The van der Waals surface area contributed by atoms with E-state index >= 15 is 0 Å². The smallest absolute Gasteiger partial charge is 0.257 e. The maximum Gasteiger partial charge on any atom is 0.257 e. The topological polar surface area (TPSA) is 93.4 Å². The molecule has 6 heteroatoms. The van der Waals surface area contributed by atoms with E-state index in [2.05, 4.69) is 10.6 Å². The first-order valence-electron chi connectivity index (χ1n) is 5.03. The van der Waals surface area contributed by atoms with Crippen LogP contribution in [0.3, 0.4) is 0 Å². The van der Waals surface area contributed by atoms with Crippen molar-refractivity contribution in [3.63, 3.8) is 0 Å². The van der Waals surface area contributed by atoms with Gasteiger partial charge in [0.25, 0.3) is 11.8 Å². The largest absolute Gasteiger partial charge is 0.482 e. The number of carbonyl (C=O) groups is 2. The first kappa shape index (κ1) is 12.8. The number of hydrogen-bond donors (Lipinski definition) is 3. The number of carbonyl (C=O) groups excluding carboxylic acids is 2. The van der Waals surface area contributed by atoms with E-state index in [1.807, 2.05) is 0 Å². The fourth-order valence-corrected chi connectivity index (χ4v) is 1.16. The van der Waals surface area contributed by atoms with Gasteiger partial charge in [-0.1, -0.05) is 0 Å². The van der Waals surface area contributed by atoms with Crippen LogP contribution in [0.5, 0.6) is 5.75 Å². The summed E-state index contributed by atoms with van der Waals surface area (Å²) in [5.74, 6) is -0.195. The van der Waals surface area contributed by atoms with E-state index in [1.54, 1.807) is 12.1 Å². The number of nitrogen functional groups attached to an aromatic ring is 1. The zero-order chi connectivity index (χ0) is 12.8. The highest BCUT2D eigenvalue weighted by atomic mass is 16.5. The van der Waals surface area contributed by atoms with Crippen LogP contribution in [0.1, 0.15) is 10.4 Å². The average molecular weight is 237 g/mol. The SMILES string of the molecule is CNC(=O)COc1cc(C(=O)NC)ccc1N. The molecule has 4 N–H and O–H groups in total. The van der Waals surface area contributed by atoms with Gasteiger partial charge in [-0.25, -0.2) is 0 Å². The van der Waals surface area contributed by atoms with Crippen molar-refractivity contribution < 1.29 is 14.3 Å². The number of amides is 2. The van der Waals surface area contributed by atoms with Gasteiger partial charge in [0.1, 0.15) is 5.75 Å². The van der Waals surface area contributed by atoms with Gasteiger partial charge in [-0.05, 0) is 18.2 Å². The van der Waals surface area contributed by atoms with E-state index < -0.39 is 0 Å². The summed E-state index contributed by atoms with van der Waals surface area (Å²) in [7, 11) is 3.04. The van der Waals surface area contributed by atoms with E-state index in [9.17, 15) is 9.59 Å². The Hall–Kier alpha value is -2.24. The molecule has 0 aliphatic carbocycles. The predicted octanol–water partition coefficient (Wildman–Crippen LogP) is -0.247. The maximum absolute atomic E-state index is 11.4. The molecule has 0 aliphatic heterocycles. The highest BCUT2D eigenvalue weighted by Crippen LogP contribution is 2.22. The van der Waals surface area contributed by atoms with E-state index in [0.29, 0.717) is 17.0 Å². The van der Waals surface area contributed by atoms with Gasteiger partial charge in [0.05, 0.1) is 5.69 Å². The average Bonchev–Trinajstić information content (AvgIpc) is 2.36. The number of benzene rings is 1. The quantitative estimate of drug-likeness (QED) is 0.630. The van der Waals surface area contributed by atoms with Crippen LogP contribution in [-0.2, 0) is 4.79 Å².